The zero-order chi connectivity index (χ0) is 14.0. The Morgan fingerprint density at radius 2 is 2.00 bits per heavy atom. The molecule has 1 N–H and O–H groups in total. The molecule has 2 unspecified atom stereocenters. The van der Waals surface area contributed by atoms with E-state index in [9.17, 15) is 9.59 Å². The van der Waals surface area contributed by atoms with Crippen LogP contribution in [-0.2, 0) is 9.59 Å². The molecule has 2 rings (SSSR count). The molecular weight excluding hydrogens is 240 g/mol. The number of likely N-dealkylation sites (tertiary alicyclic amines) is 1. The van der Waals surface area contributed by atoms with Crippen LogP contribution < -0.4 is 5.32 Å². The molecule has 0 spiro atoms. The third kappa shape index (κ3) is 2.55. The summed E-state index contributed by atoms with van der Waals surface area (Å²) in [6, 6.07) is 0.270. The zero-order valence-corrected chi connectivity index (χ0v) is 12.4. The first-order valence-electron chi connectivity index (χ1n) is 7.62. The summed E-state index contributed by atoms with van der Waals surface area (Å²) in [5.41, 5.74) is -0.422. The van der Waals surface area contributed by atoms with E-state index in [2.05, 4.69) is 12.2 Å². The molecule has 108 valence electrons. The first kappa shape index (κ1) is 14.5. The van der Waals surface area contributed by atoms with E-state index in [0.717, 1.165) is 19.4 Å². The van der Waals surface area contributed by atoms with Gasteiger partial charge in [-0.2, -0.15) is 0 Å². The van der Waals surface area contributed by atoms with E-state index in [1.807, 2.05) is 13.8 Å². The van der Waals surface area contributed by atoms with Crippen molar-refractivity contribution in [2.45, 2.75) is 58.9 Å². The van der Waals surface area contributed by atoms with Crippen LogP contribution in [-0.4, -0.2) is 35.8 Å². The predicted octanol–water partition coefficient (Wildman–Crippen LogP) is 1.94. The molecule has 4 nitrogen and oxygen atoms in total. The Morgan fingerprint density at radius 1 is 1.32 bits per heavy atom. The van der Waals surface area contributed by atoms with Crippen LogP contribution in [0.15, 0.2) is 0 Å². The molecule has 2 fully saturated rings. The Morgan fingerprint density at radius 3 is 2.53 bits per heavy atom. The van der Waals surface area contributed by atoms with Crippen molar-refractivity contribution in [3.63, 3.8) is 0 Å². The number of hydrogen-bond donors (Lipinski definition) is 1. The fraction of sp³-hybridized carbons (Fsp3) is 0.867. The molecule has 0 aromatic heterocycles. The molecule has 2 aliphatic rings. The van der Waals surface area contributed by atoms with E-state index in [4.69, 9.17) is 0 Å². The first-order chi connectivity index (χ1) is 9.04. The first-order valence-corrected chi connectivity index (χ1v) is 7.62. The molecule has 0 radical (unpaired) electrons. The summed E-state index contributed by atoms with van der Waals surface area (Å²) in [6.45, 7) is 7.78. The lowest BCUT2D eigenvalue weighted by atomic mass is 9.81. The Bertz CT molecular complexity index is 363. The number of nitrogens with one attached hydrogen (secondary N) is 1. The summed E-state index contributed by atoms with van der Waals surface area (Å²) in [6.07, 6.45) is 4.30. The van der Waals surface area contributed by atoms with Crippen molar-refractivity contribution in [2.75, 3.05) is 13.1 Å². The molecule has 0 bridgehead atoms. The van der Waals surface area contributed by atoms with E-state index in [-0.39, 0.29) is 17.9 Å². The summed E-state index contributed by atoms with van der Waals surface area (Å²) < 4.78 is 0. The van der Waals surface area contributed by atoms with Crippen LogP contribution in [0, 0.1) is 11.3 Å². The minimum absolute atomic E-state index is 0.0215. The Labute approximate surface area is 115 Å². The highest BCUT2D eigenvalue weighted by atomic mass is 16.2. The average Bonchev–Trinajstić information content (AvgIpc) is 2.66. The number of amides is 2. The van der Waals surface area contributed by atoms with Crippen LogP contribution in [0.1, 0.15) is 52.9 Å². The standard InChI is InChI=1S/C15H26N2O2/c1-4-15(5-2)9-13(18)17(14(15)19)10-12-11(3)7-6-8-16-12/h11-12,16H,4-10H2,1-3H3. The van der Waals surface area contributed by atoms with Gasteiger partial charge in [0, 0.05) is 19.0 Å². The van der Waals surface area contributed by atoms with Gasteiger partial charge in [-0.3, -0.25) is 14.5 Å². The molecule has 0 aromatic carbocycles. The number of piperidine rings is 1. The number of imide groups is 1. The zero-order valence-electron chi connectivity index (χ0n) is 12.4. The Hall–Kier alpha value is -0.900. The molecular formula is C15H26N2O2. The lowest BCUT2D eigenvalue weighted by Crippen LogP contribution is -2.50. The van der Waals surface area contributed by atoms with Crippen molar-refractivity contribution in [3.8, 4) is 0 Å². The second-order valence-corrected chi connectivity index (χ2v) is 6.15. The highest BCUT2D eigenvalue weighted by Crippen LogP contribution is 2.39. The molecule has 0 saturated carbocycles. The number of carbonyl (C=O) groups is 2. The summed E-state index contributed by atoms with van der Waals surface area (Å²) in [5.74, 6) is 0.614. The second-order valence-electron chi connectivity index (χ2n) is 6.15. The number of hydrogen-bond acceptors (Lipinski definition) is 3. The highest BCUT2D eigenvalue weighted by molar-refractivity contribution is 6.05. The minimum atomic E-state index is -0.422. The van der Waals surface area contributed by atoms with Crippen molar-refractivity contribution in [1.82, 2.24) is 10.2 Å². The molecule has 2 heterocycles. The summed E-state index contributed by atoms with van der Waals surface area (Å²) in [7, 11) is 0. The highest BCUT2D eigenvalue weighted by Gasteiger charge is 2.49. The second kappa shape index (κ2) is 5.61. The summed E-state index contributed by atoms with van der Waals surface area (Å²) in [4.78, 5) is 26.3. The predicted molar refractivity (Wildman–Crippen MR) is 74.5 cm³/mol. The SMILES string of the molecule is CCC1(CC)CC(=O)N(CC2NCCCC2C)C1=O. The number of nitrogens with zero attached hydrogens (tertiary/aromatic N) is 1. The molecule has 2 saturated heterocycles. The van der Waals surface area contributed by atoms with Gasteiger partial charge < -0.3 is 5.32 Å². The molecule has 4 heteroatoms. The maximum absolute atomic E-state index is 12.6. The van der Waals surface area contributed by atoms with Gasteiger partial charge in [-0.15, -0.1) is 0 Å². The minimum Gasteiger partial charge on any atom is -0.312 e. The van der Waals surface area contributed by atoms with Gasteiger partial charge in [0.05, 0.1) is 5.41 Å². The lowest BCUT2D eigenvalue weighted by Gasteiger charge is -2.33. The maximum atomic E-state index is 12.6. The van der Waals surface area contributed by atoms with E-state index in [0.29, 0.717) is 18.9 Å². The largest absolute Gasteiger partial charge is 0.312 e. The van der Waals surface area contributed by atoms with Crippen LogP contribution >= 0.6 is 0 Å². The van der Waals surface area contributed by atoms with Gasteiger partial charge in [0.15, 0.2) is 0 Å². The van der Waals surface area contributed by atoms with Crippen LogP contribution in [0.4, 0.5) is 0 Å². The van der Waals surface area contributed by atoms with Crippen LogP contribution in [0.5, 0.6) is 0 Å². The smallest absolute Gasteiger partial charge is 0.235 e. The molecule has 2 aliphatic heterocycles. The third-order valence-corrected chi connectivity index (χ3v) is 5.15. The van der Waals surface area contributed by atoms with E-state index in [1.54, 1.807) is 0 Å². The molecule has 2 amide bonds. The van der Waals surface area contributed by atoms with Gasteiger partial charge in [0.25, 0.3) is 0 Å². The fourth-order valence-electron chi connectivity index (χ4n) is 3.40. The Balaban J connectivity index is 2.08. The molecule has 2 atom stereocenters. The van der Waals surface area contributed by atoms with Gasteiger partial charge in [-0.25, -0.2) is 0 Å². The van der Waals surface area contributed by atoms with Gasteiger partial charge in [-0.05, 0) is 38.1 Å². The van der Waals surface area contributed by atoms with Crippen LogP contribution in [0.25, 0.3) is 0 Å². The van der Waals surface area contributed by atoms with Crippen LogP contribution in [0.2, 0.25) is 0 Å². The average molecular weight is 266 g/mol. The van der Waals surface area contributed by atoms with Crippen LogP contribution in [0.3, 0.4) is 0 Å². The van der Waals surface area contributed by atoms with Gasteiger partial charge >= 0.3 is 0 Å². The molecule has 0 aliphatic carbocycles. The summed E-state index contributed by atoms with van der Waals surface area (Å²) in [5, 5.41) is 3.45. The van der Waals surface area contributed by atoms with E-state index >= 15 is 0 Å². The van der Waals surface area contributed by atoms with Crippen molar-refractivity contribution < 1.29 is 9.59 Å². The summed E-state index contributed by atoms with van der Waals surface area (Å²) >= 11 is 0. The maximum Gasteiger partial charge on any atom is 0.235 e. The monoisotopic (exact) mass is 266 g/mol. The fourth-order valence-corrected chi connectivity index (χ4v) is 3.40. The van der Waals surface area contributed by atoms with E-state index in [1.165, 1.54) is 17.7 Å². The van der Waals surface area contributed by atoms with Gasteiger partial charge in [0.1, 0.15) is 0 Å². The molecule has 0 aromatic rings. The van der Waals surface area contributed by atoms with Crippen molar-refractivity contribution in [3.05, 3.63) is 0 Å². The van der Waals surface area contributed by atoms with Crippen molar-refractivity contribution in [1.29, 1.82) is 0 Å². The van der Waals surface area contributed by atoms with Gasteiger partial charge in [-0.1, -0.05) is 20.8 Å². The number of carbonyl (C=O) groups excluding carboxylic acids is 2. The number of rotatable bonds is 4. The normalized spacial score (nSPS) is 31.0. The third-order valence-electron chi connectivity index (χ3n) is 5.15. The quantitative estimate of drug-likeness (QED) is 0.791. The van der Waals surface area contributed by atoms with Crippen molar-refractivity contribution in [2.24, 2.45) is 11.3 Å². The van der Waals surface area contributed by atoms with E-state index < -0.39 is 5.41 Å². The van der Waals surface area contributed by atoms with Crippen molar-refractivity contribution >= 4 is 11.8 Å². The topological polar surface area (TPSA) is 49.4 Å². The lowest BCUT2D eigenvalue weighted by molar-refractivity contribution is -0.142. The van der Waals surface area contributed by atoms with Gasteiger partial charge in [0.2, 0.25) is 11.8 Å². The Kier molecular flexibility index (Phi) is 4.29. The molecule has 19 heavy (non-hydrogen) atoms.